The fourth-order valence-electron chi connectivity index (χ4n) is 4.37. The van der Waals surface area contributed by atoms with E-state index in [9.17, 15) is 4.79 Å². The number of para-hydroxylation sites is 1. The lowest BCUT2D eigenvalue weighted by Gasteiger charge is -2.19. The Hall–Kier alpha value is -3.74. The zero-order valence-electron chi connectivity index (χ0n) is 23.9. The van der Waals surface area contributed by atoms with Crippen LogP contribution in [0, 0.1) is 0 Å². The number of ether oxygens (including phenoxy) is 3. The van der Waals surface area contributed by atoms with Gasteiger partial charge in [0.2, 0.25) is 11.9 Å². The van der Waals surface area contributed by atoms with Gasteiger partial charge in [-0.3, -0.25) is 4.79 Å². The molecule has 1 unspecified atom stereocenters. The number of nitrogens with zero attached hydrogens (tertiary/aromatic N) is 4. The Kier molecular flexibility index (Phi) is 11.1. The van der Waals surface area contributed by atoms with Crippen molar-refractivity contribution in [3.05, 3.63) is 40.4 Å². The van der Waals surface area contributed by atoms with Gasteiger partial charge in [0.15, 0.2) is 17.5 Å². The minimum atomic E-state index is -0.298. The number of methoxy groups -OCH3 is 2. The van der Waals surface area contributed by atoms with Crippen LogP contribution in [0.4, 0.5) is 17.5 Å². The molecule has 1 atom stereocenters. The fourth-order valence-corrected chi connectivity index (χ4v) is 4.86. The third kappa shape index (κ3) is 7.96. The van der Waals surface area contributed by atoms with Crippen LogP contribution in [0.1, 0.15) is 19.3 Å². The first kappa shape index (κ1) is 31.2. The Morgan fingerprint density at radius 1 is 1.17 bits per heavy atom. The normalized spacial score (nSPS) is 15.7. The van der Waals surface area contributed by atoms with Crippen LogP contribution >= 0.6 is 23.2 Å². The highest BCUT2D eigenvalue weighted by molar-refractivity contribution is 6.38. The molecule has 0 aliphatic carbocycles. The molecule has 1 amide bonds. The summed E-state index contributed by atoms with van der Waals surface area (Å²) in [7, 11) is 5.04. The van der Waals surface area contributed by atoms with Gasteiger partial charge in [-0.05, 0) is 37.5 Å². The van der Waals surface area contributed by atoms with Gasteiger partial charge < -0.3 is 40.8 Å². The van der Waals surface area contributed by atoms with Crippen molar-refractivity contribution >= 4 is 63.4 Å². The number of halogens is 2. The summed E-state index contributed by atoms with van der Waals surface area (Å²) in [6.45, 7) is 3.65. The molecule has 2 aliphatic rings. The number of amides is 1. The second-order valence-electron chi connectivity index (χ2n) is 9.59. The summed E-state index contributed by atoms with van der Waals surface area (Å²) in [5.41, 5.74) is 7.41. The van der Waals surface area contributed by atoms with E-state index in [2.05, 4.69) is 30.9 Å². The number of benzene rings is 2. The first-order valence-corrected chi connectivity index (χ1v) is 14.4. The fraction of sp³-hybridized carbons (Fsp3) is 0.429. The van der Waals surface area contributed by atoms with Crippen LogP contribution in [0.15, 0.2) is 35.3 Å². The zero-order chi connectivity index (χ0) is 30.1. The first-order valence-electron chi connectivity index (χ1n) is 13.6. The van der Waals surface area contributed by atoms with Gasteiger partial charge in [-0.2, -0.15) is 4.98 Å². The van der Waals surface area contributed by atoms with Crippen molar-refractivity contribution in [1.82, 2.24) is 25.9 Å². The molecule has 12 nitrogen and oxygen atoms in total. The molecule has 0 spiro atoms. The molecule has 0 radical (unpaired) electrons. The van der Waals surface area contributed by atoms with Crippen molar-refractivity contribution < 1.29 is 19.0 Å². The molecule has 2 fully saturated rings. The number of aliphatic imine (C=N–C) groups is 1. The van der Waals surface area contributed by atoms with Gasteiger partial charge in [-0.25, -0.2) is 9.98 Å². The monoisotopic (exact) mass is 618 g/mol. The second kappa shape index (κ2) is 14.9. The molecule has 5 rings (SSSR count). The molecule has 3 aromatic rings. The maximum absolute atomic E-state index is 12.0. The van der Waals surface area contributed by atoms with Gasteiger partial charge >= 0.3 is 0 Å². The van der Waals surface area contributed by atoms with Gasteiger partial charge in [-0.15, -0.1) is 0 Å². The average Bonchev–Trinajstić information content (AvgIpc) is 3.72. The number of hydrogen-bond acceptors (Lipinski definition) is 9. The van der Waals surface area contributed by atoms with E-state index in [-0.39, 0.29) is 12.0 Å². The molecule has 14 heteroatoms. The Morgan fingerprint density at radius 3 is 2.50 bits per heavy atom. The predicted octanol–water partition coefficient (Wildman–Crippen LogP) is 3.52. The topological polar surface area (TPSA) is 148 Å². The van der Waals surface area contributed by atoms with E-state index in [0.29, 0.717) is 69.6 Å². The van der Waals surface area contributed by atoms with Gasteiger partial charge in [0.25, 0.3) is 0 Å². The SMILES string of the molecule is COc1cc2nc(N(C)CCCNC(=O)C3CCCO3)nc(N)c2cc1OC.Clc1cccc(Cl)c1N=C1NCCN1. The summed E-state index contributed by atoms with van der Waals surface area (Å²) in [5.74, 6) is 2.74. The maximum Gasteiger partial charge on any atom is 0.249 e. The smallest absolute Gasteiger partial charge is 0.249 e. The van der Waals surface area contributed by atoms with Crippen LogP contribution < -0.4 is 36.1 Å². The molecule has 0 saturated carbocycles. The van der Waals surface area contributed by atoms with E-state index < -0.39 is 0 Å². The van der Waals surface area contributed by atoms with Crippen LogP contribution in [0.25, 0.3) is 10.9 Å². The van der Waals surface area contributed by atoms with E-state index >= 15 is 0 Å². The average molecular weight is 620 g/mol. The Morgan fingerprint density at radius 2 is 1.86 bits per heavy atom. The lowest BCUT2D eigenvalue weighted by atomic mass is 10.2. The molecule has 5 N–H and O–H groups in total. The molecular weight excluding hydrogens is 583 g/mol. The van der Waals surface area contributed by atoms with E-state index in [0.717, 1.165) is 38.3 Å². The van der Waals surface area contributed by atoms with Crippen LogP contribution in [-0.4, -0.2) is 82.0 Å². The Balaban J connectivity index is 0.000000241. The van der Waals surface area contributed by atoms with Gasteiger partial charge in [0.05, 0.1) is 29.8 Å². The third-order valence-corrected chi connectivity index (χ3v) is 7.23. The van der Waals surface area contributed by atoms with Crippen molar-refractivity contribution in [2.45, 2.75) is 25.4 Å². The van der Waals surface area contributed by atoms with Crippen molar-refractivity contribution in [2.75, 3.05) is 64.7 Å². The van der Waals surface area contributed by atoms with Crippen molar-refractivity contribution in [2.24, 2.45) is 4.99 Å². The zero-order valence-corrected chi connectivity index (χ0v) is 25.4. The number of nitrogens with one attached hydrogen (secondary N) is 3. The Bertz CT molecular complexity index is 1390. The van der Waals surface area contributed by atoms with Crippen molar-refractivity contribution in [3.8, 4) is 11.5 Å². The molecule has 3 heterocycles. The summed E-state index contributed by atoms with van der Waals surface area (Å²) in [6, 6.07) is 8.88. The van der Waals surface area contributed by atoms with Crippen LogP contribution in [0.5, 0.6) is 11.5 Å². The predicted molar refractivity (Wildman–Crippen MR) is 166 cm³/mol. The lowest BCUT2D eigenvalue weighted by molar-refractivity contribution is -0.130. The highest BCUT2D eigenvalue weighted by Gasteiger charge is 2.23. The number of fused-ring (bicyclic) bond motifs is 1. The van der Waals surface area contributed by atoms with Crippen molar-refractivity contribution in [3.63, 3.8) is 0 Å². The Labute approximate surface area is 254 Å². The van der Waals surface area contributed by atoms with Gasteiger partial charge in [0, 0.05) is 51.3 Å². The van der Waals surface area contributed by atoms with Crippen LogP contribution in [-0.2, 0) is 9.53 Å². The number of guanidine groups is 1. The lowest BCUT2D eigenvalue weighted by Crippen LogP contribution is -2.36. The number of nitrogen functional groups attached to an aromatic ring is 1. The van der Waals surface area contributed by atoms with E-state index in [4.69, 9.17) is 43.1 Å². The maximum atomic E-state index is 12.0. The second-order valence-corrected chi connectivity index (χ2v) is 10.4. The molecular formula is C28H36Cl2N8O4. The quantitative estimate of drug-likeness (QED) is 0.262. The number of anilines is 2. The standard InChI is InChI=1S/C19H27N5O4.C9H9Cl2N3/c1-24(8-5-7-21-18(25)14-6-4-9-28-14)19-22-13-11-16(27-3)15(26-2)10-12(13)17(20)23-19;10-6-2-1-3-7(11)8(6)14-9-12-4-5-13-9/h10-11,14H,4-9H2,1-3H3,(H,21,25)(H2,20,22,23);1-3H,4-5H2,(H2,12,13,14). The molecule has 2 aliphatic heterocycles. The number of rotatable bonds is 9. The number of nitrogens with two attached hydrogens (primary N) is 1. The summed E-state index contributed by atoms with van der Waals surface area (Å²) in [5, 5.41) is 10.9. The molecule has 0 bridgehead atoms. The first-order chi connectivity index (χ1) is 20.3. The van der Waals surface area contributed by atoms with Gasteiger partial charge in [-0.1, -0.05) is 29.3 Å². The van der Waals surface area contributed by atoms with Crippen molar-refractivity contribution in [1.29, 1.82) is 0 Å². The molecule has 2 aromatic carbocycles. The molecule has 42 heavy (non-hydrogen) atoms. The highest BCUT2D eigenvalue weighted by atomic mass is 35.5. The minimum Gasteiger partial charge on any atom is -0.493 e. The van der Waals surface area contributed by atoms with Gasteiger partial charge in [0.1, 0.15) is 17.6 Å². The summed E-state index contributed by atoms with van der Waals surface area (Å²) < 4.78 is 16.0. The molecule has 2 saturated heterocycles. The number of carbonyl (C=O) groups excluding carboxylic acids is 1. The summed E-state index contributed by atoms with van der Waals surface area (Å²) >= 11 is 11.9. The number of hydrogen-bond donors (Lipinski definition) is 4. The van der Waals surface area contributed by atoms with E-state index in [1.807, 2.05) is 11.9 Å². The number of aromatic nitrogens is 2. The van der Waals surface area contributed by atoms with Crippen LogP contribution in [0.2, 0.25) is 10.0 Å². The highest BCUT2D eigenvalue weighted by Crippen LogP contribution is 2.34. The van der Waals surface area contributed by atoms with Crippen LogP contribution in [0.3, 0.4) is 0 Å². The number of carbonyl (C=O) groups is 1. The summed E-state index contributed by atoms with van der Waals surface area (Å²) in [4.78, 5) is 27.1. The summed E-state index contributed by atoms with van der Waals surface area (Å²) in [6.07, 6.45) is 2.19. The largest absolute Gasteiger partial charge is 0.493 e. The molecule has 1 aromatic heterocycles. The van der Waals surface area contributed by atoms with E-state index in [1.165, 1.54) is 0 Å². The third-order valence-electron chi connectivity index (χ3n) is 6.62. The minimum absolute atomic E-state index is 0.0348. The molecule has 226 valence electrons. The van der Waals surface area contributed by atoms with E-state index in [1.54, 1.807) is 44.6 Å².